The fraction of sp³-hybridized carbons (Fsp3) is 0.615. The Labute approximate surface area is 123 Å². The zero-order valence-corrected chi connectivity index (χ0v) is 13.0. The highest BCUT2D eigenvalue weighted by molar-refractivity contribution is 7.91. The molecule has 0 radical (unpaired) electrons. The van der Waals surface area contributed by atoms with Crippen molar-refractivity contribution >= 4 is 27.3 Å². The van der Waals surface area contributed by atoms with Crippen molar-refractivity contribution in [3.8, 4) is 0 Å². The Morgan fingerprint density at radius 3 is 2.60 bits per heavy atom. The molecule has 0 spiro atoms. The van der Waals surface area contributed by atoms with Crippen LogP contribution >= 0.6 is 11.3 Å². The molecule has 0 amide bonds. The van der Waals surface area contributed by atoms with Crippen molar-refractivity contribution in [2.75, 3.05) is 13.1 Å². The predicted molar refractivity (Wildman–Crippen MR) is 77.4 cm³/mol. The first-order valence-electron chi connectivity index (χ1n) is 6.74. The lowest BCUT2D eigenvalue weighted by molar-refractivity contribution is -0.136. The number of rotatable bonds is 5. The standard InChI is InChI=1S/C13H19NO4S2/c1-2-10-5-7-14(8-6-10)20(17,18)13-4-3-11(19-13)9-12(15)16/h3-4,10H,2,5-9H2,1H3,(H,15,16). The van der Waals surface area contributed by atoms with E-state index in [-0.39, 0.29) is 10.6 Å². The molecular weight excluding hydrogens is 298 g/mol. The van der Waals surface area contributed by atoms with Gasteiger partial charge in [-0.05, 0) is 30.9 Å². The maximum absolute atomic E-state index is 12.5. The van der Waals surface area contributed by atoms with E-state index in [0.29, 0.717) is 23.9 Å². The summed E-state index contributed by atoms with van der Waals surface area (Å²) in [7, 11) is -3.45. The summed E-state index contributed by atoms with van der Waals surface area (Å²) in [6.07, 6.45) is 2.78. The molecular formula is C13H19NO4S2. The van der Waals surface area contributed by atoms with Crippen LogP contribution in [0.15, 0.2) is 16.3 Å². The molecule has 1 aromatic heterocycles. The predicted octanol–water partition coefficient (Wildman–Crippen LogP) is 2.19. The molecule has 0 unspecified atom stereocenters. The first-order valence-corrected chi connectivity index (χ1v) is 8.99. The van der Waals surface area contributed by atoms with E-state index in [0.717, 1.165) is 30.6 Å². The number of carboxylic acids is 1. The molecule has 20 heavy (non-hydrogen) atoms. The molecule has 1 N–H and O–H groups in total. The number of aliphatic carboxylic acids is 1. The Hall–Kier alpha value is -0.920. The van der Waals surface area contributed by atoms with Gasteiger partial charge in [0.15, 0.2) is 0 Å². The van der Waals surface area contributed by atoms with Gasteiger partial charge in [-0.25, -0.2) is 8.42 Å². The largest absolute Gasteiger partial charge is 0.481 e. The van der Waals surface area contributed by atoms with Crippen LogP contribution in [0.4, 0.5) is 0 Å². The molecule has 2 heterocycles. The summed E-state index contributed by atoms with van der Waals surface area (Å²) in [6, 6.07) is 3.11. The van der Waals surface area contributed by atoms with Gasteiger partial charge in [0.1, 0.15) is 4.21 Å². The molecule has 0 aromatic carbocycles. The first-order chi connectivity index (χ1) is 9.43. The van der Waals surface area contributed by atoms with Gasteiger partial charge in [0, 0.05) is 18.0 Å². The van der Waals surface area contributed by atoms with Crippen LogP contribution in [0.2, 0.25) is 0 Å². The summed E-state index contributed by atoms with van der Waals surface area (Å²) in [5.74, 6) is -0.327. The van der Waals surface area contributed by atoms with Gasteiger partial charge in [-0.2, -0.15) is 4.31 Å². The zero-order valence-electron chi connectivity index (χ0n) is 11.4. The Kier molecular flexibility index (Phi) is 4.82. The fourth-order valence-corrected chi connectivity index (χ4v) is 5.40. The summed E-state index contributed by atoms with van der Waals surface area (Å²) in [6.45, 7) is 3.26. The number of nitrogens with zero attached hydrogens (tertiary/aromatic N) is 1. The van der Waals surface area contributed by atoms with Crippen LogP contribution in [0.3, 0.4) is 0 Å². The molecule has 1 aromatic rings. The van der Waals surface area contributed by atoms with E-state index in [1.165, 1.54) is 10.4 Å². The SMILES string of the molecule is CCC1CCN(S(=O)(=O)c2ccc(CC(=O)O)s2)CC1. The average Bonchev–Trinajstić information content (AvgIpc) is 2.87. The number of thiophene rings is 1. The van der Waals surface area contributed by atoms with Gasteiger partial charge in [0.05, 0.1) is 6.42 Å². The number of carboxylic acid groups (broad SMARTS) is 1. The van der Waals surface area contributed by atoms with Crippen molar-refractivity contribution < 1.29 is 18.3 Å². The molecule has 0 atom stereocenters. The van der Waals surface area contributed by atoms with Crippen molar-refractivity contribution in [2.24, 2.45) is 5.92 Å². The minimum absolute atomic E-state index is 0.127. The van der Waals surface area contributed by atoms with Crippen LogP contribution in [0.5, 0.6) is 0 Å². The van der Waals surface area contributed by atoms with E-state index in [4.69, 9.17) is 5.11 Å². The van der Waals surface area contributed by atoms with Crippen molar-refractivity contribution in [1.82, 2.24) is 4.31 Å². The van der Waals surface area contributed by atoms with Crippen LogP contribution < -0.4 is 0 Å². The zero-order chi connectivity index (χ0) is 14.8. The smallest absolute Gasteiger partial charge is 0.308 e. The molecule has 1 aliphatic rings. The second-order valence-electron chi connectivity index (χ2n) is 5.05. The number of sulfonamides is 1. The third-order valence-electron chi connectivity index (χ3n) is 3.71. The van der Waals surface area contributed by atoms with Gasteiger partial charge < -0.3 is 5.11 Å². The Morgan fingerprint density at radius 2 is 2.05 bits per heavy atom. The van der Waals surface area contributed by atoms with Gasteiger partial charge in [0.25, 0.3) is 10.0 Å². The maximum Gasteiger partial charge on any atom is 0.308 e. The topological polar surface area (TPSA) is 74.7 Å². The van der Waals surface area contributed by atoms with Gasteiger partial charge >= 0.3 is 5.97 Å². The van der Waals surface area contributed by atoms with E-state index >= 15 is 0 Å². The molecule has 1 aliphatic heterocycles. The van der Waals surface area contributed by atoms with Gasteiger partial charge in [-0.15, -0.1) is 11.3 Å². The number of hydrogen-bond acceptors (Lipinski definition) is 4. The molecule has 112 valence electrons. The molecule has 0 saturated carbocycles. The molecule has 5 nitrogen and oxygen atoms in total. The third-order valence-corrected chi connectivity index (χ3v) is 7.16. The first kappa shape index (κ1) is 15.5. The minimum Gasteiger partial charge on any atom is -0.481 e. The van der Waals surface area contributed by atoms with Crippen molar-refractivity contribution in [3.05, 3.63) is 17.0 Å². The minimum atomic E-state index is -3.45. The highest BCUT2D eigenvalue weighted by atomic mass is 32.2. The Balaban J connectivity index is 2.10. The van der Waals surface area contributed by atoms with Crippen molar-refractivity contribution in [3.63, 3.8) is 0 Å². The summed E-state index contributed by atoms with van der Waals surface area (Å²) in [4.78, 5) is 11.2. The number of carbonyl (C=O) groups is 1. The highest BCUT2D eigenvalue weighted by Crippen LogP contribution is 2.29. The van der Waals surface area contributed by atoms with Crippen molar-refractivity contribution in [2.45, 2.75) is 36.8 Å². The average molecular weight is 317 g/mol. The Bertz CT molecular complexity index is 571. The lowest BCUT2D eigenvalue weighted by Crippen LogP contribution is -2.37. The second kappa shape index (κ2) is 6.24. The van der Waals surface area contributed by atoms with Crippen molar-refractivity contribution in [1.29, 1.82) is 0 Å². The molecule has 1 saturated heterocycles. The molecule has 2 rings (SSSR count). The van der Waals surface area contributed by atoms with Gasteiger partial charge in [0.2, 0.25) is 0 Å². The van der Waals surface area contributed by atoms with Crippen LogP contribution in [-0.4, -0.2) is 36.9 Å². The van der Waals surface area contributed by atoms with Gasteiger partial charge in [-0.3, -0.25) is 4.79 Å². The number of hydrogen-bond donors (Lipinski definition) is 1. The van der Waals surface area contributed by atoms with E-state index < -0.39 is 16.0 Å². The Morgan fingerprint density at radius 1 is 1.40 bits per heavy atom. The summed E-state index contributed by atoms with van der Waals surface area (Å²) in [5.41, 5.74) is 0. The molecule has 1 fully saturated rings. The lowest BCUT2D eigenvalue weighted by Gasteiger charge is -2.30. The third kappa shape index (κ3) is 3.39. The fourth-order valence-electron chi connectivity index (χ4n) is 2.43. The second-order valence-corrected chi connectivity index (χ2v) is 8.38. The van der Waals surface area contributed by atoms with Crippen LogP contribution in [0.1, 0.15) is 31.1 Å². The molecule has 7 heteroatoms. The van der Waals surface area contributed by atoms with Gasteiger partial charge in [-0.1, -0.05) is 13.3 Å². The quantitative estimate of drug-likeness (QED) is 0.903. The highest BCUT2D eigenvalue weighted by Gasteiger charge is 2.30. The van der Waals surface area contributed by atoms with Crippen LogP contribution in [0, 0.1) is 5.92 Å². The lowest BCUT2D eigenvalue weighted by atomic mass is 9.96. The van der Waals surface area contributed by atoms with E-state index in [9.17, 15) is 13.2 Å². The monoisotopic (exact) mass is 317 g/mol. The van der Waals surface area contributed by atoms with E-state index in [1.54, 1.807) is 6.07 Å². The summed E-state index contributed by atoms with van der Waals surface area (Å²) in [5, 5.41) is 8.73. The van der Waals surface area contributed by atoms with Crippen LogP contribution in [0.25, 0.3) is 0 Å². The molecule has 0 bridgehead atoms. The normalized spacial score (nSPS) is 18.2. The van der Waals surface area contributed by atoms with E-state index in [2.05, 4.69) is 6.92 Å². The number of piperidine rings is 1. The summed E-state index contributed by atoms with van der Waals surface area (Å²) < 4.78 is 26.7. The maximum atomic E-state index is 12.5. The van der Waals surface area contributed by atoms with Crippen LogP contribution in [-0.2, 0) is 21.2 Å². The molecule has 0 aliphatic carbocycles. The summed E-state index contributed by atoms with van der Waals surface area (Å²) >= 11 is 1.06. The van der Waals surface area contributed by atoms with E-state index in [1.807, 2.05) is 0 Å².